The van der Waals surface area contributed by atoms with E-state index < -0.39 is 11.6 Å². The van der Waals surface area contributed by atoms with Crippen molar-refractivity contribution in [1.82, 2.24) is 24.8 Å². The predicted octanol–water partition coefficient (Wildman–Crippen LogP) is 4.97. The molecule has 2 aliphatic heterocycles. The maximum atomic E-state index is 11.1. The molecule has 2 N–H and O–H groups in total. The number of halogens is 2. The number of carboxylic acids is 1. The molecule has 3 fully saturated rings. The first-order valence-electron chi connectivity index (χ1n) is 14.8. The highest BCUT2D eigenvalue weighted by molar-refractivity contribution is 6.35. The zero-order chi connectivity index (χ0) is 30.0. The summed E-state index contributed by atoms with van der Waals surface area (Å²) in [6.45, 7) is 6.43. The highest BCUT2D eigenvalue weighted by Gasteiger charge is 2.42. The predicted molar refractivity (Wildman–Crippen MR) is 165 cm³/mol. The summed E-state index contributed by atoms with van der Waals surface area (Å²) < 4.78 is 6.17. The number of piperazine rings is 1. The first-order valence-corrected chi connectivity index (χ1v) is 15.6. The molecule has 6 rings (SSSR count). The Kier molecular flexibility index (Phi) is 9.02. The smallest absolute Gasteiger partial charge is 0.303 e. The van der Waals surface area contributed by atoms with Gasteiger partial charge in [-0.2, -0.15) is 0 Å². The number of carboxylic acid groups (broad SMARTS) is 1. The molecule has 0 atom stereocenters. The Hall–Kier alpha value is -3.02. The number of hydrogen-bond donors (Lipinski definition) is 2. The Morgan fingerprint density at radius 2 is 1.60 bits per heavy atom. The Morgan fingerprint density at radius 1 is 0.930 bits per heavy atom. The number of benzene rings is 1. The van der Waals surface area contributed by atoms with Gasteiger partial charge in [-0.15, -0.1) is 0 Å². The van der Waals surface area contributed by atoms with Crippen molar-refractivity contribution < 1.29 is 19.7 Å². The average Bonchev–Trinajstić information content (AvgIpc) is 3.70. The third kappa shape index (κ3) is 8.13. The number of nitrogens with zero attached hydrogens (tertiary/aromatic N) is 6. The normalized spacial score (nSPS) is 19.4. The van der Waals surface area contributed by atoms with Crippen LogP contribution in [0.1, 0.15) is 37.7 Å². The molecule has 0 unspecified atom stereocenters. The second-order valence-electron chi connectivity index (χ2n) is 12.0. The van der Waals surface area contributed by atoms with Crippen molar-refractivity contribution in [1.29, 1.82) is 0 Å². The van der Waals surface area contributed by atoms with E-state index in [2.05, 4.69) is 24.7 Å². The molecule has 2 aromatic heterocycles. The SMILES string of the molecule is O=C(O)CC1CCN(Cc2cc(Oc3cnc(N4CCN(CC5(O)CC5)CC4)nc3)nc(-c3cc(Cl)cc(Cl)c3)c2)CC1. The standard InChI is InChI=1S/C31H36Cl2N6O4/c32-24-14-23(15-25(33)16-24)27-11-22(19-37-5-1-21(2-6-37)13-29(40)41)12-28(36-27)43-26-17-34-30(35-18-26)39-9-7-38(8-10-39)20-31(42)3-4-31/h11-12,14-18,21,42H,1-10,13,19-20H2,(H,40,41). The third-order valence-electron chi connectivity index (χ3n) is 8.43. The van der Waals surface area contributed by atoms with Crippen molar-refractivity contribution in [2.45, 2.75) is 44.2 Å². The van der Waals surface area contributed by atoms with Crippen LogP contribution in [0.5, 0.6) is 11.6 Å². The van der Waals surface area contributed by atoms with Gasteiger partial charge in [0.2, 0.25) is 11.8 Å². The van der Waals surface area contributed by atoms with Crippen LogP contribution >= 0.6 is 23.2 Å². The van der Waals surface area contributed by atoms with Crippen molar-refractivity contribution in [3.8, 4) is 22.9 Å². The number of aromatic nitrogens is 3. The topological polar surface area (TPSA) is 115 Å². The fraction of sp³-hybridized carbons (Fsp3) is 0.484. The zero-order valence-electron chi connectivity index (χ0n) is 24.0. The molecular formula is C31H36Cl2N6O4. The highest BCUT2D eigenvalue weighted by Crippen LogP contribution is 2.36. The van der Waals surface area contributed by atoms with E-state index in [9.17, 15) is 9.90 Å². The summed E-state index contributed by atoms with van der Waals surface area (Å²) in [5.74, 6) is 1.03. The minimum Gasteiger partial charge on any atom is -0.481 e. The monoisotopic (exact) mass is 626 g/mol. The number of aliphatic carboxylic acids is 1. The van der Waals surface area contributed by atoms with Crippen LogP contribution in [0.3, 0.4) is 0 Å². The van der Waals surface area contributed by atoms with Crippen molar-refractivity contribution in [3.63, 3.8) is 0 Å². The lowest BCUT2D eigenvalue weighted by Gasteiger charge is -2.35. The number of aliphatic hydroxyl groups is 1. The summed E-state index contributed by atoms with van der Waals surface area (Å²) in [5, 5.41) is 20.4. The number of anilines is 1. The van der Waals surface area contributed by atoms with Gasteiger partial charge in [0.1, 0.15) is 0 Å². The molecule has 43 heavy (non-hydrogen) atoms. The van der Waals surface area contributed by atoms with E-state index in [0.29, 0.717) is 39.9 Å². The Balaban J connectivity index is 1.15. The lowest BCUT2D eigenvalue weighted by atomic mass is 9.93. The largest absolute Gasteiger partial charge is 0.481 e. The number of rotatable bonds is 10. The van der Waals surface area contributed by atoms with E-state index in [1.165, 1.54) is 0 Å². The van der Waals surface area contributed by atoms with Crippen LogP contribution in [-0.2, 0) is 11.3 Å². The lowest BCUT2D eigenvalue weighted by Crippen LogP contribution is -2.49. The second kappa shape index (κ2) is 12.9. The molecule has 1 aromatic carbocycles. The number of piperidine rings is 1. The number of β-amino-alcohol motifs (C(OH)–C–C–N with tert-alkyl or cyclic N) is 1. The van der Waals surface area contributed by atoms with E-state index in [1.807, 2.05) is 24.3 Å². The molecule has 2 saturated heterocycles. The third-order valence-corrected chi connectivity index (χ3v) is 8.87. The number of carbonyl (C=O) groups is 1. The van der Waals surface area contributed by atoms with Gasteiger partial charge in [0.05, 0.1) is 23.7 Å². The average molecular weight is 628 g/mol. The fourth-order valence-corrected chi connectivity index (χ4v) is 6.40. The van der Waals surface area contributed by atoms with Gasteiger partial charge in [0.15, 0.2) is 5.75 Å². The van der Waals surface area contributed by atoms with Crippen molar-refractivity contribution in [2.24, 2.45) is 5.92 Å². The Labute approximate surface area is 261 Å². The summed E-state index contributed by atoms with van der Waals surface area (Å²) in [6.07, 6.45) is 7.08. The van der Waals surface area contributed by atoms with Gasteiger partial charge in [0.25, 0.3) is 0 Å². The van der Waals surface area contributed by atoms with Crippen LogP contribution in [0.25, 0.3) is 11.3 Å². The molecule has 12 heteroatoms. The first kappa shape index (κ1) is 30.0. The van der Waals surface area contributed by atoms with E-state index in [1.54, 1.807) is 18.5 Å². The first-order chi connectivity index (χ1) is 20.7. The van der Waals surface area contributed by atoms with E-state index in [-0.39, 0.29) is 12.3 Å². The van der Waals surface area contributed by atoms with E-state index in [0.717, 1.165) is 82.6 Å². The van der Waals surface area contributed by atoms with Crippen molar-refractivity contribution >= 4 is 35.1 Å². The number of pyridine rings is 1. The summed E-state index contributed by atoms with van der Waals surface area (Å²) >= 11 is 12.6. The molecule has 228 valence electrons. The summed E-state index contributed by atoms with van der Waals surface area (Å²) in [4.78, 5) is 31.8. The molecule has 0 spiro atoms. The molecule has 10 nitrogen and oxygen atoms in total. The summed E-state index contributed by atoms with van der Waals surface area (Å²) in [7, 11) is 0. The lowest BCUT2D eigenvalue weighted by molar-refractivity contribution is -0.138. The number of likely N-dealkylation sites (tertiary alicyclic amines) is 1. The quantitative estimate of drug-likeness (QED) is 0.319. The van der Waals surface area contributed by atoms with Gasteiger partial charge in [0, 0.05) is 67.4 Å². The van der Waals surface area contributed by atoms with Crippen LogP contribution in [0.4, 0.5) is 5.95 Å². The molecule has 4 heterocycles. The number of ether oxygens (including phenoxy) is 1. The molecule has 1 aliphatic carbocycles. The molecule has 3 aliphatic rings. The maximum Gasteiger partial charge on any atom is 0.303 e. The van der Waals surface area contributed by atoms with Crippen molar-refractivity contribution in [3.05, 3.63) is 58.3 Å². The van der Waals surface area contributed by atoms with Gasteiger partial charge in [-0.1, -0.05) is 23.2 Å². The van der Waals surface area contributed by atoms with E-state index in [4.69, 9.17) is 38.0 Å². The minimum absolute atomic E-state index is 0.219. The van der Waals surface area contributed by atoms with Gasteiger partial charge < -0.3 is 19.8 Å². The molecule has 3 aromatic rings. The van der Waals surface area contributed by atoms with Crippen LogP contribution in [-0.4, -0.2) is 92.3 Å². The minimum atomic E-state index is -0.733. The Morgan fingerprint density at radius 3 is 2.23 bits per heavy atom. The molecule has 0 amide bonds. The fourth-order valence-electron chi connectivity index (χ4n) is 5.88. The van der Waals surface area contributed by atoms with Gasteiger partial charge in [-0.3, -0.25) is 14.6 Å². The summed E-state index contributed by atoms with van der Waals surface area (Å²) in [5.41, 5.74) is 2.01. The molecule has 0 bridgehead atoms. The van der Waals surface area contributed by atoms with Crippen molar-refractivity contribution in [2.75, 3.05) is 50.7 Å². The van der Waals surface area contributed by atoms with Gasteiger partial charge in [-0.25, -0.2) is 15.0 Å². The van der Waals surface area contributed by atoms with Crippen LogP contribution in [0.2, 0.25) is 10.0 Å². The second-order valence-corrected chi connectivity index (χ2v) is 12.9. The number of hydrogen-bond acceptors (Lipinski definition) is 9. The van der Waals surface area contributed by atoms with Crippen LogP contribution in [0.15, 0.2) is 42.7 Å². The molecular weight excluding hydrogens is 591 g/mol. The molecule has 0 radical (unpaired) electrons. The highest BCUT2D eigenvalue weighted by atomic mass is 35.5. The zero-order valence-corrected chi connectivity index (χ0v) is 25.5. The Bertz CT molecular complexity index is 1420. The van der Waals surface area contributed by atoms with Crippen LogP contribution < -0.4 is 9.64 Å². The molecule has 1 saturated carbocycles. The van der Waals surface area contributed by atoms with Gasteiger partial charge >= 0.3 is 5.97 Å². The van der Waals surface area contributed by atoms with Gasteiger partial charge in [-0.05, 0) is 74.5 Å². The van der Waals surface area contributed by atoms with E-state index >= 15 is 0 Å². The van der Waals surface area contributed by atoms with Crippen LogP contribution in [0, 0.1) is 5.92 Å². The summed E-state index contributed by atoms with van der Waals surface area (Å²) in [6, 6.07) is 9.26. The maximum absolute atomic E-state index is 11.1.